The van der Waals surface area contributed by atoms with Crippen molar-refractivity contribution in [1.82, 2.24) is 4.90 Å². The summed E-state index contributed by atoms with van der Waals surface area (Å²) in [5, 5.41) is 11.6. The molecule has 1 saturated carbocycles. The van der Waals surface area contributed by atoms with Gasteiger partial charge >= 0.3 is 5.97 Å². The van der Waals surface area contributed by atoms with Crippen LogP contribution in [0, 0.1) is 23.2 Å². The van der Waals surface area contributed by atoms with Crippen LogP contribution in [0.25, 0.3) is 0 Å². The Labute approximate surface area is 197 Å². The highest BCUT2D eigenvalue weighted by atomic mass is 16.6. The second-order valence-electron chi connectivity index (χ2n) is 10.8. The first kappa shape index (κ1) is 22.7. The van der Waals surface area contributed by atoms with Gasteiger partial charge < -0.3 is 19.5 Å². The van der Waals surface area contributed by atoms with Gasteiger partial charge in [0.05, 0.1) is 19.1 Å². The fraction of sp³-hybridized carbons (Fsp3) is 0.667. The van der Waals surface area contributed by atoms with E-state index in [1.807, 2.05) is 12.1 Å². The Hall–Kier alpha value is -2.05. The van der Waals surface area contributed by atoms with E-state index in [0.29, 0.717) is 18.5 Å². The third kappa shape index (κ3) is 3.75. The molecule has 2 heterocycles. The Bertz CT molecular complexity index is 915. The summed E-state index contributed by atoms with van der Waals surface area (Å²) in [6, 6.07) is 8.56. The van der Waals surface area contributed by atoms with Crippen molar-refractivity contribution < 1.29 is 19.4 Å². The predicted molar refractivity (Wildman–Crippen MR) is 128 cm³/mol. The number of methoxy groups -OCH3 is 1. The molecule has 1 aromatic carbocycles. The number of piperazine rings is 1. The molecule has 3 fully saturated rings. The molecule has 0 radical (unpaired) electrons. The molecule has 0 amide bonds. The predicted octanol–water partition coefficient (Wildman–Crippen LogP) is 3.49. The van der Waals surface area contributed by atoms with Gasteiger partial charge in [-0.2, -0.15) is 0 Å². The first-order valence-corrected chi connectivity index (χ1v) is 12.5. The summed E-state index contributed by atoms with van der Waals surface area (Å²) in [6.07, 6.45) is 4.52. The highest BCUT2D eigenvalue weighted by Crippen LogP contribution is 2.56. The minimum atomic E-state index is -0.535. The van der Waals surface area contributed by atoms with Crippen LogP contribution in [0.5, 0.6) is 5.75 Å². The van der Waals surface area contributed by atoms with Gasteiger partial charge in [-0.05, 0) is 49.9 Å². The van der Waals surface area contributed by atoms with E-state index < -0.39 is 6.10 Å². The number of anilines is 1. The van der Waals surface area contributed by atoms with Gasteiger partial charge in [-0.3, -0.25) is 9.69 Å². The third-order valence-corrected chi connectivity index (χ3v) is 9.14. The van der Waals surface area contributed by atoms with Crippen LogP contribution >= 0.6 is 0 Å². The molecule has 0 bridgehead atoms. The lowest BCUT2D eigenvalue weighted by atomic mass is 9.55. The van der Waals surface area contributed by atoms with Crippen LogP contribution < -0.4 is 9.64 Å². The molecule has 180 valence electrons. The van der Waals surface area contributed by atoms with Gasteiger partial charge in [-0.25, -0.2) is 0 Å². The van der Waals surface area contributed by atoms with Gasteiger partial charge in [0.25, 0.3) is 0 Å². The number of rotatable bonds is 4. The average molecular weight is 455 g/mol. The van der Waals surface area contributed by atoms with Crippen molar-refractivity contribution in [3.63, 3.8) is 0 Å². The molecule has 0 spiro atoms. The molecule has 1 aromatic rings. The maximum Gasteiger partial charge on any atom is 0.311 e. The van der Waals surface area contributed by atoms with E-state index in [-0.39, 0.29) is 29.3 Å². The fourth-order valence-corrected chi connectivity index (χ4v) is 6.91. The van der Waals surface area contributed by atoms with Crippen molar-refractivity contribution in [1.29, 1.82) is 0 Å². The van der Waals surface area contributed by atoms with Crippen molar-refractivity contribution >= 4 is 11.7 Å². The zero-order valence-corrected chi connectivity index (χ0v) is 20.4. The molecule has 2 aliphatic carbocycles. The standard InChI is InChI=1S/C27H38N2O4/c1-17-6-5-7-19-14-23-24(25(30)27(17,19)3)22(26(31)33-23)16-28-12-13-29(18(2)15-28)20-8-10-21(32-4)11-9-20/h7-11,17-18,22-25,30H,5-6,12-16H2,1-4H3. The number of esters is 1. The Morgan fingerprint density at radius 2 is 1.97 bits per heavy atom. The third-order valence-electron chi connectivity index (χ3n) is 9.14. The van der Waals surface area contributed by atoms with Crippen LogP contribution in [-0.4, -0.2) is 67.5 Å². The summed E-state index contributed by atoms with van der Waals surface area (Å²) < 4.78 is 11.2. The number of benzene rings is 1. The minimum absolute atomic E-state index is 0.116. The van der Waals surface area contributed by atoms with Crippen molar-refractivity contribution in [2.75, 3.05) is 38.2 Å². The van der Waals surface area contributed by atoms with Gasteiger partial charge in [0, 0.05) is 55.7 Å². The van der Waals surface area contributed by atoms with E-state index in [9.17, 15) is 9.90 Å². The van der Waals surface area contributed by atoms with Crippen molar-refractivity contribution in [2.45, 2.75) is 58.3 Å². The average Bonchev–Trinajstić information content (AvgIpc) is 3.11. The lowest BCUT2D eigenvalue weighted by Gasteiger charge is -2.52. The summed E-state index contributed by atoms with van der Waals surface area (Å²) in [5.41, 5.74) is 2.25. The van der Waals surface area contributed by atoms with Crippen LogP contribution in [0.3, 0.4) is 0 Å². The van der Waals surface area contributed by atoms with Crippen molar-refractivity contribution in [3.05, 3.63) is 35.9 Å². The molecule has 7 unspecified atom stereocenters. The van der Waals surface area contributed by atoms with E-state index >= 15 is 0 Å². The lowest BCUT2D eigenvalue weighted by molar-refractivity contribution is -0.145. The number of hydrogen-bond acceptors (Lipinski definition) is 6. The number of aliphatic hydroxyl groups is 1. The van der Waals surface area contributed by atoms with Crippen LogP contribution in [0.1, 0.15) is 40.0 Å². The normalized spacial score (nSPS) is 38.9. The molecular formula is C27H38N2O4. The largest absolute Gasteiger partial charge is 0.497 e. The van der Waals surface area contributed by atoms with Gasteiger partial charge in [-0.15, -0.1) is 0 Å². The second kappa shape index (κ2) is 8.62. The molecule has 2 aliphatic heterocycles. The number of nitrogens with zero attached hydrogens (tertiary/aromatic N) is 2. The summed E-state index contributed by atoms with van der Waals surface area (Å²) >= 11 is 0. The van der Waals surface area contributed by atoms with Gasteiger partial charge in [-0.1, -0.05) is 25.5 Å². The van der Waals surface area contributed by atoms with Gasteiger partial charge in [0.1, 0.15) is 11.9 Å². The maximum absolute atomic E-state index is 13.0. The highest BCUT2D eigenvalue weighted by molar-refractivity contribution is 5.76. The Kier molecular flexibility index (Phi) is 5.94. The number of ether oxygens (including phenoxy) is 2. The fourth-order valence-electron chi connectivity index (χ4n) is 6.91. The summed E-state index contributed by atoms with van der Waals surface area (Å²) in [5.74, 6) is 0.791. The molecule has 5 rings (SSSR count). The number of carbonyl (C=O) groups excluding carboxylic acids is 1. The highest BCUT2D eigenvalue weighted by Gasteiger charge is 2.59. The topological polar surface area (TPSA) is 62.2 Å². The quantitative estimate of drug-likeness (QED) is 0.555. The Morgan fingerprint density at radius 3 is 2.67 bits per heavy atom. The number of aliphatic hydroxyl groups excluding tert-OH is 1. The van der Waals surface area contributed by atoms with E-state index in [4.69, 9.17) is 9.47 Å². The van der Waals surface area contributed by atoms with Crippen LogP contribution in [-0.2, 0) is 9.53 Å². The first-order chi connectivity index (χ1) is 15.8. The Morgan fingerprint density at radius 1 is 1.21 bits per heavy atom. The molecule has 2 saturated heterocycles. The van der Waals surface area contributed by atoms with E-state index in [2.05, 4.69) is 48.8 Å². The van der Waals surface area contributed by atoms with E-state index in [1.165, 1.54) is 11.3 Å². The van der Waals surface area contributed by atoms with Crippen LogP contribution in [0.4, 0.5) is 5.69 Å². The van der Waals surface area contributed by atoms with Gasteiger partial charge in [0.2, 0.25) is 0 Å². The molecule has 33 heavy (non-hydrogen) atoms. The zero-order valence-electron chi connectivity index (χ0n) is 20.4. The van der Waals surface area contributed by atoms with E-state index in [1.54, 1.807) is 7.11 Å². The molecule has 7 atom stereocenters. The maximum atomic E-state index is 13.0. The van der Waals surface area contributed by atoms with Crippen molar-refractivity contribution in [2.24, 2.45) is 23.2 Å². The minimum Gasteiger partial charge on any atom is -0.497 e. The van der Waals surface area contributed by atoms with Crippen LogP contribution in [0.2, 0.25) is 0 Å². The molecule has 1 N–H and O–H groups in total. The molecular weight excluding hydrogens is 416 g/mol. The smallest absolute Gasteiger partial charge is 0.311 e. The first-order valence-electron chi connectivity index (χ1n) is 12.5. The number of hydrogen-bond donors (Lipinski definition) is 1. The molecule has 6 heteroatoms. The molecule has 6 nitrogen and oxygen atoms in total. The monoisotopic (exact) mass is 454 g/mol. The number of carbonyl (C=O) groups is 1. The zero-order chi connectivity index (χ0) is 23.3. The van der Waals surface area contributed by atoms with E-state index in [0.717, 1.165) is 44.6 Å². The molecule has 4 aliphatic rings. The Balaban J connectivity index is 1.28. The SMILES string of the molecule is COc1ccc(N2CCN(CC3C(=O)OC4CC5=CCCC(C)C5(C)C(O)C43)CC2C)cc1. The summed E-state index contributed by atoms with van der Waals surface area (Å²) in [6.45, 7) is 10.1. The second-order valence-corrected chi connectivity index (χ2v) is 10.8. The summed E-state index contributed by atoms with van der Waals surface area (Å²) in [7, 11) is 1.69. The summed E-state index contributed by atoms with van der Waals surface area (Å²) in [4.78, 5) is 17.8. The van der Waals surface area contributed by atoms with Gasteiger partial charge in [0.15, 0.2) is 0 Å². The van der Waals surface area contributed by atoms with Crippen LogP contribution in [0.15, 0.2) is 35.9 Å². The number of fused-ring (bicyclic) bond motifs is 2. The molecule has 0 aromatic heterocycles. The lowest BCUT2D eigenvalue weighted by Crippen LogP contribution is -2.56. The number of allylic oxidation sites excluding steroid dienone is 1. The van der Waals surface area contributed by atoms with Crippen molar-refractivity contribution in [3.8, 4) is 5.75 Å².